The van der Waals surface area contributed by atoms with Gasteiger partial charge in [-0.1, -0.05) is 6.07 Å². The van der Waals surface area contributed by atoms with Crippen LogP contribution in [0.15, 0.2) is 42.6 Å². The smallest absolute Gasteiger partial charge is 0.130 e. The molecular formula is C22H31ClN4O2. The summed E-state index contributed by atoms with van der Waals surface area (Å²) in [7, 11) is 1.71. The van der Waals surface area contributed by atoms with Crippen molar-refractivity contribution in [2.24, 2.45) is 0 Å². The van der Waals surface area contributed by atoms with Gasteiger partial charge in [-0.15, -0.1) is 12.4 Å². The molecule has 7 heteroatoms. The molecule has 29 heavy (non-hydrogen) atoms. The predicted molar refractivity (Wildman–Crippen MR) is 117 cm³/mol. The lowest BCUT2D eigenvalue weighted by Gasteiger charge is -2.32. The third-order valence-electron chi connectivity index (χ3n) is 5.68. The van der Waals surface area contributed by atoms with Crippen molar-refractivity contribution < 1.29 is 9.47 Å². The van der Waals surface area contributed by atoms with Gasteiger partial charge < -0.3 is 14.8 Å². The van der Waals surface area contributed by atoms with Gasteiger partial charge >= 0.3 is 0 Å². The highest BCUT2D eigenvalue weighted by Gasteiger charge is 2.28. The number of nitrogens with one attached hydrogen (secondary N) is 1. The minimum atomic E-state index is 0. The Kier molecular flexibility index (Phi) is 8.12. The van der Waals surface area contributed by atoms with Gasteiger partial charge in [-0.05, 0) is 36.8 Å². The van der Waals surface area contributed by atoms with Crippen LogP contribution in [-0.2, 0) is 13.2 Å². The number of ether oxygens (including phenoxy) is 2. The van der Waals surface area contributed by atoms with E-state index in [0.29, 0.717) is 12.6 Å². The van der Waals surface area contributed by atoms with Crippen molar-refractivity contribution in [3.63, 3.8) is 0 Å². The van der Waals surface area contributed by atoms with E-state index in [9.17, 15) is 0 Å². The zero-order chi connectivity index (χ0) is 19.2. The number of hydrogen-bond donors (Lipinski definition) is 1. The van der Waals surface area contributed by atoms with E-state index in [-0.39, 0.29) is 12.4 Å². The van der Waals surface area contributed by atoms with Crippen molar-refractivity contribution >= 4 is 12.4 Å². The maximum atomic E-state index is 6.11. The highest BCUT2D eigenvalue weighted by Crippen LogP contribution is 2.28. The summed E-state index contributed by atoms with van der Waals surface area (Å²) < 4.78 is 11.6. The van der Waals surface area contributed by atoms with Crippen LogP contribution in [-0.4, -0.2) is 67.2 Å². The zero-order valence-electron chi connectivity index (χ0n) is 17.0. The third kappa shape index (κ3) is 5.82. The minimum Gasteiger partial charge on any atom is -0.497 e. The molecule has 1 aromatic heterocycles. The molecule has 0 bridgehead atoms. The van der Waals surface area contributed by atoms with Crippen molar-refractivity contribution in [3.05, 3.63) is 53.9 Å². The topological polar surface area (TPSA) is 49.9 Å². The lowest BCUT2D eigenvalue weighted by atomic mass is 10.1. The molecule has 0 radical (unpaired) electrons. The van der Waals surface area contributed by atoms with Gasteiger partial charge in [0.1, 0.15) is 18.1 Å². The molecule has 0 aliphatic carbocycles. The second-order valence-electron chi connectivity index (χ2n) is 7.55. The van der Waals surface area contributed by atoms with Crippen LogP contribution in [0.5, 0.6) is 11.5 Å². The summed E-state index contributed by atoms with van der Waals surface area (Å²) in [4.78, 5) is 9.53. The van der Waals surface area contributed by atoms with E-state index < -0.39 is 0 Å². The fourth-order valence-electron chi connectivity index (χ4n) is 4.12. The number of halogens is 1. The Morgan fingerprint density at radius 3 is 2.76 bits per heavy atom. The number of benzene rings is 1. The Labute approximate surface area is 179 Å². The molecule has 1 unspecified atom stereocenters. The summed E-state index contributed by atoms with van der Waals surface area (Å²) in [6.45, 7) is 8.16. The third-order valence-corrected chi connectivity index (χ3v) is 5.68. The number of pyridine rings is 1. The maximum Gasteiger partial charge on any atom is 0.130 e. The van der Waals surface area contributed by atoms with Gasteiger partial charge in [0.25, 0.3) is 0 Å². The molecule has 0 amide bonds. The van der Waals surface area contributed by atoms with E-state index in [2.05, 4.69) is 26.2 Å². The van der Waals surface area contributed by atoms with E-state index in [0.717, 1.165) is 63.0 Å². The number of methoxy groups -OCH3 is 1. The van der Waals surface area contributed by atoms with Crippen LogP contribution in [0.25, 0.3) is 0 Å². The summed E-state index contributed by atoms with van der Waals surface area (Å²) in [6, 6.07) is 12.6. The van der Waals surface area contributed by atoms with Crippen molar-refractivity contribution in [3.8, 4) is 11.5 Å². The van der Waals surface area contributed by atoms with E-state index in [1.807, 2.05) is 30.3 Å². The second kappa shape index (κ2) is 10.8. The van der Waals surface area contributed by atoms with Crippen LogP contribution in [0.1, 0.15) is 17.7 Å². The second-order valence-corrected chi connectivity index (χ2v) is 7.55. The fourth-order valence-corrected chi connectivity index (χ4v) is 4.12. The number of piperazine rings is 1. The van der Waals surface area contributed by atoms with Gasteiger partial charge in [0, 0.05) is 63.6 Å². The van der Waals surface area contributed by atoms with Gasteiger partial charge in [0.05, 0.1) is 12.8 Å². The van der Waals surface area contributed by atoms with Crippen molar-refractivity contribution in [1.82, 2.24) is 20.1 Å². The monoisotopic (exact) mass is 418 g/mol. The van der Waals surface area contributed by atoms with Gasteiger partial charge in [0.2, 0.25) is 0 Å². The highest BCUT2D eigenvalue weighted by molar-refractivity contribution is 5.85. The molecule has 1 N–H and O–H groups in total. The maximum absolute atomic E-state index is 6.11. The Bertz CT molecular complexity index is 756. The summed E-state index contributed by atoms with van der Waals surface area (Å²) in [5.74, 6) is 1.79. The molecule has 2 aromatic rings. The summed E-state index contributed by atoms with van der Waals surface area (Å²) in [5, 5.41) is 3.45. The average molecular weight is 419 g/mol. The lowest BCUT2D eigenvalue weighted by Crippen LogP contribution is -2.49. The Morgan fingerprint density at radius 1 is 1.14 bits per heavy atom. The molecule has 4 rings (SSSR count). The molecule has 2 aliphatic heterocycles. The Balaban J connectivity index is 0.00000240. The van der Waals surface area contributed by atoms with Gasteiger partial charge in [-0.25, -0.2) is 0 Å². The van der Waals surface area contributed by atoms with Crippen molar-refractivity contribution in [2.45, 2.75) is 25.6 Å². The van der Waals surface area contributed by atoms with Crippen LogP contribution in [0, 0.1) is 0 Å². The van der Waals surface area contributed by atoms with E-state index >= 15 is 0 Å². The first-order chi connectivity index (χ1) is 13.8. The molecule has 0 saturated carbocycles. The number of likely N-dealkylation sites (tertiary alicyclic amines) is 1. The largest absolute Gasteiger partial charge is 0.497 e. The molecule has 158 valence electrons. The molecule has 3 heterocycles. The fraction of sp³-hybridized carbons (Fsp3) is 0.500. The number of nitrogens with zero attached hydrogens (tertiary/aromatic N) is 3. The van der Waals surface area contributed by atoms with Crippen molar-refractivity contribution in [1.29, 1.82) is 0 Å². The van der Waals surface area contributed by atoms with Crippen molar-refractivity contribution in [2.75, 3.05) is 46.4 Å². The van der Waals surface area contributed by atoms with Crippen LogP contribution in [0.3, 0.4) is 0 Å². The quantitative estimate of drug-likeness (QED) is 0.745. The highest BCUT2D eigenvalue weighted by atomic mass is 35.5. The number of rotatable bonds is 7. The predicted octanol–water partition coefficient (Wildman–Crippen LogP) is 2.57. The summed E-state index contributed by atoms with van der Waals surface area (Å²) in [6.07, 6.45) is 3.04. The Morgan fingerprint density at radius 2 is 2.00 bits per heavy atom. The molecule has 1 atom stereocenters. The molecular weight excluding hydrogens is 388 g/mol. The zero-order valence-corrected chi connectivity index (χ0v) is 17.9. The van der Waals surface area contributed by atoms with E-state index in [1.54, 1.807) is 13.3 Å². The first-order valence-corrected chi connectivity index (χ1v) is 10.2. The summed E-state index contributed by atoms with van der Waals surface area (Å²) >= 11 is 0. The van der Waals surface area contributed by atoms with Gasteiger partial charge in [-0.2, -0.15) is 0 Å². The van der Waals surface area contributed by atoms with E-state index in [1.165, 1.54) is 12.0 Å². The van der Waals surface area contributed by atoms with Gasteiger partial charge in [-0.3, -0.25) is 14.8 Å². The lowest BCUT2D eigenvalue weighted by molar-refractivity contribution is 0.170. The standard InChI is InChI=1S/C22H30N4O2.ClH/c1-27-21-5-6-22(28-17-19-4-2-3-8-24-19)18(14-21)15-25-11-7-20(16-25)26-12-9-23-10-13-26;/h2-6,8,14,20,23H,7,9-13,15-17H2,1H3;1H. The SMILES string of the molecule is COc1ccc(OCc2ccccn2)c(CN2CCC(N3CCNCC3)C2)c1.Cl. The van der Waals surface area contributed by atoms with Crippen LogP contribution >= 0.6 is 12.4 Å². The van der Waals surface area contributed by atoms with Crippen LogP contribution in [0.2, 0.25) is 0 Å². The normalized spacial score (nSPS) is 20.2. The first-order valence-electron chi connectivity index (χ1n) is 10.2. The van der Waals surface area contributed by atoms with Crippen LogP contribution < -0.4 is 14.8 Å². The summed E-state index contributed by atoms with van der Waals surface area (Å²) in [5.41, 5.74) is 2.11. The molecule has 1 aromatic carbocycles. The number of hydrogen-bond acceptors (Lipinski definition) is 6. The van der Waals surface area contributed by atoms with Crippen LogP contribution in [0.4, 0.5) is 0 Å². The minimum absolute atomic E-state index is 0. The molecule has 0 spiro atoms. The van der Waals surface area contributed by atoms with E-state index in [4.69, 9.17) is 9.47 Å². The first kappa shape index (κ1) is 21.8. The number of aromatic nitrogens is 1. The molecule has 2 fully saturated rings. The average Bonchev–Trinajstić information content (AvgIpc) is 3.23. The Hall–Kier alpha value is -1.86. The van der Waals surface area contributed by atoms with Gasteiger partial charge in [0.15, 0.2) is 0 Å². The molecule has 6 nitrogen and oxygen atoms in total. The molecule has 2 aliphatic rings. The molecule has 2 saturated heterocycles.